The molecule has 38 heavy (non-hydrogen) atoms. The van der Waals surface area contributed by atoms with E-state index in [0.29, 0.717) is 12.6 Å². The number of carbonyl (C=O) groups excluding carboxylic acids is 1. The van der Waals surface area contributed by atoms with Crippen LogP contribution in [-0.4, -0.2) is 55.6 Å². The summed E-state index contributed by atoms with van der Waals surface area (Å²) in [6, 6.07) is 17.3. The number of nitrogens with zero attached hydrogens (tertiary/aromatic N) is 3. The molecule has 4 rings (SSSR count). The average Bonchev–Trinajstić information content (AvgIpc) is 3.23. The smallest absolute Gasteiger partial charge is 0.121 e. The summed E-state index contributed by atoms with van der Waals surface area (Å²) in [5.74, 6) is 1.73. The number of hydrogen-bond donors (Lipinski definition) is 1. The molecule has 0 aliphatic heterocycles. The van der Waals surface area contributed by atoms with E-state index in [-0.39, 0.29) is 6.10 Å². The first kappa shape index (κ1) is 30.9. The molecule has 1 saturated carbocycles. The van der Waals surface area contributed by atoms with Gasteiger partial charge in [-0.2, -0.15) is 5.26 Å². The number of fused-ring (bicyclic) bond motifs is 1. The molecule has 7 heteroatoms. The van der Waals surface area contributed by atoms with Gasteiger partial charge in [-0.05, 0) is 102 Å². The van der Waals surface area contributed by atoms with E-state index in [2.05, 4.69) is 59.4 Å². The van der Waals surface area contributed by atoms with Crippen LogP contribution in [0.5, 0.6) is 11.5 Å². The maximum absolute atomic E-state index is 10.2. The first-order valence-corrected chi connectivity index (χ1v) is 13.6. The molecule has 1 heterocycles. The molecule has 3 aromatic rings. The van der Waals surface area contributed by atoms with Crippen LogP contribution in [0.4, 0.5) is 0 Å². The van der Waals surface area contributed by atoms with Crippen LogP contribution in [0.25, 0.3) is 22.2 Å². The monoisotopic (exact) mass is 520 g/mol. The molecule has 0 bridgehead atoms. The molecular weight excluding hydrogens is 476 g/mol. The molecule has 0 unspecified atom stereocenters. The second-order valence-corrected chi connectivity index (χ2v) is 9.39. The summed E-state index contributed by atoms with van der Waals surface area (Å²) in [6.45, 7) is 14.3. The third kappa shape index (κ3) is 7.37. The van der Waals surface area contributed by atoms with Gasteiger partial charge in [0.05, 0.1) is 29.5 Å². The Labute approximate surface area is 228 Å². The van der Waals surface area contributed by atoms with Crippen LogP contribution in [0.2, 0.25) is 0 Å². The molecule has 0 spiro atoms. The lowest BCUT2D eigenvalue weighted by atomic mass is 9.92. The topological polar surface area (TPSA) is 93.5 Å². The van der Waals surface area contributed by atoms with Crippen molar-refractivity contribution in [2.24, 2.45) is 5.73 Å². The minimum Gasteiger partial charge on any atom is -0.493 e. The summed E-state index contributed by atoms with van der Waals surface area (Å²) in [7, 11) is 1.50. The van der Waals surface area contributed by atoms with Gasteiger partial charge in [-0.3, -0.25) is 0 Å². The van der Waals surface area contributed by atoms with Crippen molar-refractivity contribution in [3.05, 3.63) is 48.0 Å². The lowest BCUT2D eigenvalue weighted by Gasteiger charge is -2.30. The molecule has 7 nitrogen and oxygen atoms in total. The molecule has 0 radical (unpaired) electrons. The standard InChI is InChI=1S/C29H37N3O2.CH5N.CH2O/c1-5-31(6-2)17-8-18-33-25-15-16-26-27(20-30)29(32(28(26)19-25)23-9-7-10-23)22-11-13-24(14-12-22)34-21(3)4;2*1-2/h11-16,19,21,23H,5-10,17-18H2,1-4H3;2H2,1H3;1H2. The SMILES string of the molecule is C=O.CCN(CC)CCCOc1ccc2c(C#N)c(-c3ccc(OC(C)C)cc3)n(C3CCC3)c2c1.CN. The van der Waals surface area contributed by atoms with E-state index in [1.807, 2.05) is 38.8 Å². The van der Waals surface area contributed by atoms with Crippen LogP contribution >= 0.6 is 0 Å². The summed E-state index contributed by atoms with van der Waals surface area (Å²) in [5.41, 5.74) is 8.40. The zero-order chi connectivity index (χ0) is 28.1. The van der Waals surface area contributed by atoms with Crippen molar-refractivity contribution < 1.29 is 14.3 Å². The Morgan fingerprint density at radius 3 is 2.24 bits per heavy atom. The zero-order valence-electron chi connectivity index (χ0n) is 23.7. The maximum atomic E-state index is 10.2. The number of ether oxygens (including phenoxy) is 2. The molecular formula is C31H44N4O3. The van der Waals surface area contributed by atoms with Gasteiger partial charge in [0.2, 0.25) is 0 Å². The minimum absolute atomic E-state index is 0.132. The molecule has 1 aromatic heterocycles. The van der Waals surface area contributed by atoms with Gasteiger partial charge in [-0.1, -0.05) is 13.8 Å². The molecule has 1 fully saturated rings. The van der Waals surface area contributed by atoms with E-state index >= 15 is 0 Å². The fourth-order valence-corrected chi connectivity index (χ4v) is 4.78. The average molecular weight is 521 g/mol. The third-order valence-electron chi connectivity index (χ3n) is 6.81. The van der Waals surface area contributed by atoms with Gasteiger partial charge in [0.15, 0.2) is 0 Å². The summed E-state index contributed by atoms with van der Waals surface area (Å²) in [4.78, 5) is 10.4. The van der Waals surface area contributed by atoms with Crippen LogP contribution in [-0.2, 0) is 4.79 Å². The summed E-state index contributed by atoms with van der Waals surface area (Å²) in [5, 5.41) is 11.2. The Bertz CT molecular complexity index is 1160. The minimum atomic E-state index is 0.132. The van der Waals surface area contributed by atoms with Crippen LogP contribution < -0.4 is 15.2 Å². The van der Waals surface area contributed by atoms with Gasteiger partial charge in [0.1, 0.15) is 24.4 Å². The number of benzene rings is 2. The molecule has 0 saturated heterocycles. The van der Waals surface area contributed by atoms with E-state index in [4.69, 9.17) is 14.3 Å². The van der Waals surface area contributed by atoms with Gasteiger partial charge in [-0.25, -0.2) is 0 Å². The molecule has 2 aromatic carbocycles. The van der Waals surface area contributed by atoms with Gasteiger partial charge in [0, 0.05) is 24.0 Å². The maximum Gasteiger partial charge on any atom is 0.121 e. The predicted octanol–water partition coefficient (Wildman–Crippen LogP) is 6.19. The fraction of sp³-hybridized carbons (Fsp3) is 0.484. The normalized spacial score (nSPS) is 12.7. The van der Waals surface area contributed by atoms with E-state index in [1.54, 1.807) is 0 Å². The van der Waals surface area contributed by atoms with Crippen molar-refractivity contribution in [3.63, 3.8) is 0 Å². The molecule has 0 atom stereocenters. The Hall–Kier alpha value is -3.34. The van der Waals surface area contributed by atoms with Crippen LogP contribution in [0.3, 0.4) is 0 Å². The first-order valence-electron chi connectivity index (χ1n) is 13.6. The van der Waals surface area contributed by atoms with Gasteiger partial charge in [0.25, 0.3) is 0 Å². The number of carbonyl (C=O) groups is 1. The highest BCUT2D eigenvalue weighted by Crippen LogP contribution is 2.43. The molecule has 1 aliphatic carbocycles. The van der Waals surface area contributed by atoms with Crippen LogP contribution in [0.15, 0.2) is 42.5 Å². The van der Waals surface area contributed by atoms with Crippen molar-refractivity contribution >= 4 is 17.7 Å². The van der Waals surface area contributed by atoms with Crippen molar-refractivity contribution in [3.8, 4) is 28.8 Å². The lowest BCUT2D eigenvalue weighted by Crippen LogP contribution is -2.25. The zero-order valence-corrected chi connectivity index (χ0v) is 23.7. The van der Waals surface area contributed by atoms with Gasteiger partial charge < -0.3 is 29.5 Å². The number of aromatic nitrogens is 1. The van der Waals surface area contributed by atoms with E-state index in [0.717, 1.165) is 78.1 Å². The molecule has 206 valence electrons. The van der Waals surface area contributed by atoms with Crippen molar-refractivity contribution in [1.29, 1.82) is 5.26 Å². The van der Waals surface area contributed by atoms with E-state index in [1.165, 1.54) is 13.5 Å². The summed E-state index contributed by atoms with van der Waals surface area (Å²) < 4.78 is 14.4. The van der Waals surface area contributed by atoms with Crippen LogP contribution in [0.1, 0.15) is 65.0 Å². The highest BCUT2D eigenvalue weighted by atomic mass is 16.5. The van der Waals surface area contributed by atoms with Crippen molar-refractivity contribution in [2.45, 2.75) is 65.5 Å². The molecule has 0 amide bonds. The summed E-state index contributed by atoms with van der Waals surface area (Å²) >= 11 is 0. The Morgan fingerprint density at radius 1 is 1.08 bits per heavy atom. The van der Waals surface area contributed by atoms with E-state index in [9.17, 15) is 5.26 Å². The predicted molar refractivity (Wildman–Crippen MR) is 156 cm³/mol. The second kappa shape index (κ2) is 15.8. The lowest BCUT2D eigenvalue weighted by molar-refractivity contribution is -0.0980. The third-order valence-corrected chi connectivity index (χ3v) is 6.81. The quantitative estimate of drug-likeness (QED) is 0.303. The van der Waals surface area contributed by atoms with E-state index < -0.39 is 0 Å². The largest absolute Gasteiger partial charge is 0.493 e. The fourth-order valence-electron chi connectivity index (χ4n) is 4.78. The number of nitrogens with two attached hydrogens (primary N) is 1. The van der Waals surface area contributed by atoms with Crippen molar-refractivity contribution in [2.75, 3.05) is 33.3 Å². The highest BCUT2D eigenvalue weighted by molar-refractivity contribution is 5.95. The van der Waals surface area contributed by atoms with Crippen LogP contribution in [0, 0.1) is 11.3 Å². The second-order valence-electron chi connectivity index (χ2n) is 9.39. The Morgan fingerprint density at radius 2 is 1.71 bits per heavy atom. The molecule has 1 aliphatic rings. The number of rotatable bonds is 11. The molecule has 2 N–H and O–H groups in total. The highest BCUT2D eigenvalue weighted by Gasteiger charge is 2.28. The van der Waals surface area contributed by atoms with Gasteiger partial charge in [-0.15, -0.1) is 0 Å². The Balaban J connectivity index is 0.00000121. The van der Waals surface area contributed by atoms with Gasteiger partial charge >= 0.3 is 0 Å². The Kier molecular flexibility index (Phi) is 12.8. The summed E-state index contributed by atoms with van der Waals surface area (Å²) in [6.07, 6.45) is 4.65. The van der Waals surface area contributed by atoms with Crippen molar-refractivity contribution in [1.82, 2.24) is 9.47 Å². The number of hydrogen-bond acceptors (Lipinski definition) is 6. The first-order chi connectivity index (χ1) is 18.5. The number of nitriles is 1.